The summed E-state index contributed by atoms with van der Waals surface area (Å²) in [4.78, 5) is 2.45. The Balaban J connectivity index is 2.08. The van der Waals surface area contributed by atoms with Crippen molar-refractivity contribution in [2.24, 2.45) is 10.8 Å². The summed E-state index contributed by atoms with van der Waals surface area (Å²) < 4.78 is 0. The van der Waals surface area contributed by atoms with E-state index in [1.54, 1.807) is 0 Å². The van der Waals surface area contributed by atoms with Crippen molar-refractivity contribution in [3.63, 3.8) is 0 Å². The first-order valence-electron chi connectivity index (χ1n) is 7.82. The lowest BCUT2D eigenvalue weighted by molar-refractivity contribution is -0.254. The summed E-state index contributed by atoms with van der Waals surface area (Å²) in [7, 11) is 0. The summed E-state index contributed by atoms with van der Waals surface area (Å²) in [5, 5.41) is 21.7. The molecule has 3 rings (SSSR count). The molecule has 108 valence electrons. The fourth-order valence-corrected chi connectivity index (χ4v) is 5.13. The smallest absolute Gasteiger partial charge is 0.0840 e. The minimum atomic E-state index is -0.703. The van der Waals surface area contributed by atoms with E-state index in [4.69, 9.17) is 0 Å². The normalized spacial score (nSPS) is 46.7. The van der Waals surface area contributed by atoms with Crippen LogP contribution in [-0.2, 0) is 0 Å². The minimum Gasteiger partial charge on any atom is -0.396 e. The first-order valence-corrected chi connectivity index (χ1v) is 7.82. The average molecular weight is 265 g/mol. The molecule has 1 aliphatic heterocycles. The van der Waals surface area contributed by atoms with Gasteiger partial charge in [0.2, 0.25) is 0 Å². The predicted octanol–water partition coefficient (Wildman–Crippen LogP) is 1.94. The Morgan fingerprint density at radius 1 is 1.16 bits per heavy atom. The second kappa shape index (κ2) is 4.57. The van der Waals surface area contributed by atoms with Gasteiger partial charge >= 0.3 is 0 Å². The van der Waals surface area contributed by atoms with E-state index >= 15 is 0 Å². The molecule has 0 unspecified atom stereocenters. The van der Waals surface area contributed by atoms with Crippen molar-refractivity contribution in [1.29, 1.82) is 0 Å². The van der Waals surface area contributed by atoms with Gasteiger partial charge in [0.25, 0.3) is 0 Å². The topological polar surface area (TPSA) is 43.7 Å². The highest BCUT2D eigenvalue weighted by Gasteiger charge is 2.66. The molecule has 1 saturated heterocycles. The van der Waals surface area contributed by atoms with Crippen molar-refractivity contribution in [2.45, 2.75) is 51.0 Å². The standard InChI is InChI=1S/C16H27NO2/c1-2-17-11-14-7-4-3-5-10-16(14,19)15(12-17,13-18)9-6-8-14/h3,5,18-19H,2,4,6-13H2,1H3/t14-,15+,16+/m0/s1. The Bertz CT molecular complexity index is 383. The van der Waals surface area contributed by atoms with Gasteiger partial charge in [-0.15, -0.1) is 0 Å². The zero-order valence-corrected chi connectivity index (χ0v) is 12.1. The first-order chi connectivity index (χ1) is 9.11. The molecule has 2 N–H and O–H groups in total. The maximum atomic E-state index is 11.6. The molecular formula is C16H27NO2. The summed E-state index contributed by atoms with van der Waals surface area (Å²) in [5.41, 5.74) is -1.02. The van der Waals surface area contributed by atoms with E-state index in [2.05, 4.69) is 24.0 Å². The van der Waals surface area contributed by atoms with Crippen molar-refractivity contribution in [3.8, 4) is 0 Å². The lowest BCUT2D eigenvalue weighted by atomic mass is 9.47. The van der Waals surface area contributed by atoms with Crippen LogP contribution in [0.2, 0.25) is 0 Å². The zero-order chi connectivity index (χ0) is 13.6. The number of nitrogens with zero attached hydrogens (tertiary/aromatic N) is 1. The molecule has 3 nitrogen and oxygen atoms in total. The molecule has 3 heteroatoms. The van der Waals surface area contributed by atoms with Gasteiger partial charge in [0, 0.05) is 23.9 Å². The van der Waals surface area contributed by atoms with Crippen LogP contribution in [0.25, 0.3) is 0 Å². The monoisotopic (exact) mass is 265 g/mol. The molecule has 0 amide bonds. The van der Waals surface area contributed by atoms with E-state index in [0.29, 0.717) is 0 Å². The Labute approximate surface area is 116 Å². The van der Waals surface area contributed by atoms with Gasteiger partial charge in [-0.05, 0) is 38.6 Å². The minimum absolute atomic E-state index is 0.00819. The van der Waals surface area contributed by atoms with Crippen LogP contribution < -0.4 is 0 Å². The van der Waals surface area contributed by atoms with E-state index in [-0.39, 0.29) is 17.4 Å². The summed E-state index contributed by atoms with van der Waals surface area (Å²) in [6, 6.07) is 0. The van der Waals surface area contributed by atoms with Crippen molar-refractivity contribution in [3.05, 3.63) is 12.2 Å². The van der Waals surface area contributed by atoms with E-state index in [0.717, 1.165) is 58.2 Å². The van der Waals surface area contributed by atoms with Gasteiger partial charge in [0.1, 0.15) is 0 Å². The Hall–Kier alpha value is -0.380. The van der Waals surface area contributed by atoms with Gasteiger partial charge in [0.15, 0.2) is 0 Å². The number of rotatable bonds is 2. The number of aliphatic hydroxyl groups excluding tert-OH is 1. The molecule has 0 aromatic rings. The van der Waals surface area contributed by atoms with Gasteiger partial charge in [-0.25, -0.2) is 0 Å². The Kier molecular flexibility index (Phi) is 3.27. The molecule has 0 radical (unpaired) electrons. The van der Waals surface area contributed by atoms with Gasteiger partial charge in [0.05, 0.1) is 12.2 Å². The van der Waals surface area contributed by atoms with Gasteiger partial charge in [-0.2, -0.15) is 0 Å². The second-order valence-electron chi connectivity index (χ2n) is 6.95. The third-order valence-corrected chi connectivity index (χ3v) is 6.24. The zero-order valence-electron chi connectivity index (χ0n) is 12.1. The third-order valence-electron chi connectivity index (χ3n) is 6.24. The van der Waals surface area contributed by atoms with E-state index in [1.165, 1.54) is 0 Å². The molecule has 1 saturated carbocycles. The number of piperidine rings is 1. The maximum Gasteiger partial charge on any atom is 0.0840 e. The van der Waals surface area contributed by atoms with E-state index < -0.39 is 5.60 Å². The lowest BCUT2D eigenvalue weighted by Crippen LogP contribution is -2.73. The van der Waals surface area contributed by atoms with Gasteiger partial charge in [-0.3, -0.25) is 0 Å². The van der Waals surface area contributed by atoms with Gasteiger partial charge < -0.3 is 15.1 Å². The number of hydrogen-bond acceptors (Lipinski definition) is 3. The SMILES string of the molecule is CCN1C[C@@]23CCC=CC[C@]2(O)[C@](CO)(CCC3)C1. The largest absolute Gasteiger partial charge is 0.396 e. The molecule has 3 atom stereocenters. The maximum absolute atomic E-state index is 11.6. The quantitative estimate of drug-likeness (QED) is 0.750. The molecule has 3 aliphatic rings. The van der Waals surface area contributed by atoms with Crippen LogP contribution in [0.4, 0.5) is 0 Å². The molecular weight excluding hydrogens is 238 g/mol. The molecule has 1 heterocycles. The van der Waals surface area contributed by atoms with Crippen LogP contribution in [0.5, 0.6) is 0 Å². The van der Waals surface area contributed by atoms with Crippen molar-refractivity contribution < 1.29 is 10.2 Å². The van der Waals surface area contributed by atoms with Crippen LogP contribution in [0.1, 0.15) is 45.4 Å². The van der Waals surface area contributed by atoms with Crippen molar-refractivity contribution in [2.75, 3.05) is 26.2 Å². The second-order valence-corrected chi connectivity index (χ2v) is 6.95. The average Bonchev–Trinajstić information content (AvgIpc) is 2.57. The molecule has 2 aliphatic carbocycles. The molecule has 2 bridgehead atoms. The van der Waals surface area contributed by atoms with E-state index in [9.17, 15) is 10.2 Å². The van der Waals surface area contributed by atoms with Crippen molar-refractivity contribution in [1.82, 2.24) is 4.90 Å². The Morgan fingerprint density at radius 2 is 2.00 bits per heavy atom. The van der Waals surface area contributed by atoms with Crippen LogP contribution >= 0.6 is 0 Å². The van der Waals surface area contributed by atoms with E-state index in [1.807, 2.05) is 0 Å². The fourth-order valence-electron chi connectivity index (χ4n) is 5.13. The summed E-state index contributed by atoms with van der Waals surface area (Å²) >= 11 is 0. The van der Waals surface area contributed by atoms with Crippen LogP contribution in [-0.4, -0.2) is 47.0 Å². The van der Waals surface area contributed by atoms with Crippen molar-refractivity contribution >= 4 is 0 Å². The number of allylic oxidation sites excluding steroid dienone is 1. The molecule has 19 heavy (non-hydrogen) atoms. The number of aliphatic hydroxyl groups is 2. The van der Waals surface area contributed by atoms with Gasteiger partial charge in [-0.1, -0.05) is 25.5 Å². The molecule has 0 spiro atoms. The fraction of sp³-hybridized carbons (Fsp3) is 0.875. The summed E-state index contributed by atoms with van der Waals surface area (Å²) in [5.74, 6) is 0. The Morgan fingerprint density at radius 3 is 2.74 bits per heavy atom. The highest BCUT2D eigenvalue weighted by atomic mass is 16.3. The third kappa shape index (κ3) is 1.68. The lowest BCUT2D eigenvalue weighted by Gasteiger charge is -2.65. The highest BCUT2D eigenvalue weighted by Crippen LogP contribution is 2.61. The molecule has 0 aromatic carbocycles. The molecule has 2 fully saturated rings. The number of likely N-dealkylation sites (tertiary alicyclic amines) is 1. The highest BCUT2D eigenvalue weighted by molar-refractivity contribution is 5.20. The number of hydrogen-bond donors (Lipinski definition) is 2. The summed E-state index contributed by atoms with van der Waals surface area (Å²) in [6.07, 6.45) is 10.5. The first kappa shape index (κ1) is 13.6. The van der Waals surface area contributed by atoms with Crippen LogP contribution in [0, 0.1) is 10.8 Å². The van der Waals surface area contributed by atoms with Crippen LogP contribution in [0.3, 0.4) is 0 Å². The predicted molar refractivity (Wildman–Crippen MR) is 75.9 cm³/mol. The van der Waals surface area contributed by atoms with Crippen LogP contribution in [0.15, 0.2) is 12.2 Å². The summed E-state index contributed by atoms with van der Waals surface area (Å²) in [6.45, 7) is 5.19. The molecule has 0 aromatic heterocycles.